The molecule has 3 heterocycles. The number of aromatic carboxylic acids is 1. The van der Waals surface area contributed by atoms with Gasteiger partial charge in [-0.25, -0.2) is 9.78 Å². The number of rotatable bonds is 7. The molecule has 1 aromatic heterocycles. The van der Waals surface area contributed by atoms with Gasteiger partial charge in [0.1, 0.15) is 5.82 Å². The summed E-state index contributed by atoms with van der Waals surface area (Å²) in [5.74, 6) is 0.711. The van der Waals surface area contributed by atoms with Crippen molar-refractivity contribution < 1.29 is 14.6 Å². The second kappa shape index (κ2) is 16.3. The van der Waals surface area contributed by atoms with Crippen LogP contribution in [0.4, 0.5) is 11.4 Å². The summed E-state index contributed by atoms with van der Waals surface area (Å²) in [6.07, 6.45) is 8.73. The van der Waals surface area contributed by atoms with Crippen LogP contribution in [0.3, 0.4) is 0 Å². The number of thioether (sulfide) groups is 1. The number of anilines is 2. The number of imidazole rings is 1. The number of fused-ring (bicyclic) bond motifs is 1. The fourth-order valence-electron chi connectivity index (χ4n) is 5.46. The van der Waals surface area contributed by atoms with Crippen molar-refractivity contribution in [2.45, 2.75) is 39.2 Å². The van der Waals surface area contributed by atoms with Gasteiger partial charge in [0.2, 0.25) is 0 Å². The number of carboxylic acids is 1. The summed E-state index contributed by atoms with van der Waals surface area (Å²) in [6.45, 7) is 6.90. The Morgan fingerprint density at radius 1 is 1.09 bits per heavy atom. The van der Waals surface area contributed by atoms with Crippen molar-refractivity contribution in [2.24, 2.45) is 13.0 Å². The number of piperidine rings is 1. The molecular weight excluding hydrogens is 592 g/mol. The van der Waals surface area contributed by atoms with Gasteiger partial charge in [-0.1, -0.05) is 29.8 Å². The molecule has 236 valence electrons. The molecule has 2 fully saturated rings. The van der Waals surface area contributed by atoms with Crippen molar-refractivity contribution in [3.05, 3.63) is 88.2 Å². The second-order valence-electron chi connectivity index (χ2n) is 11.6. The van der Waals surface area contributed by atoms with Crippen LogP contribution in [0.5, 0.6) is 0 Å². The Morgan fingerprint density at radius 3 is 2.39 bits per heavy atom. The molecule has 9 heteroatoms. The predicted molar refractivity (Wildman–Crippen MR) is 185 cm³/mol. The first kappa shape index (κ1) is 33.8. The number of nitrogens with zero attached hydrogens (tertiary/aromatic N) is 4. The largest absolute Gasteiger partial charge is 0.478 e. The summed E-state index contributed by atoms with van der Waals surface area (Å²) < 4.78 is 6.75. The smallest absolute Gasteiger partial charge is 0.335 e. The Bertz CT molecular complexity index is 1530. The fourth-order valence-corrected chi connectivity index (χ4v) is 5.82. The number of carbonyl (C=O) groups is 1. The molecule has 2 saturated heterocycles. The lowest BCUT2D eigenvalue weighted by Gasteiger charge is -2.32. The topological polar surface area (TPSA) is 70.8 Å². The number of aryl methyl sites for hydroxylation is 2. The molecule has 2 aliphatic rings. The molecule has 0 unspecified atom stereocenters. The molecule has 0 amide bonds. The first-order valence-corrected chi connectivity index (χ1v) is 17.2. The van der Waals surface area contributed by atoms with E-state index < -0.39 is 5.97 Å². The molecule has 0 atom stereocenters. The third-order valence-corrected chi connectivity index (χ3v) is 8.46. The zero-order valence-electron chi connectivity index (χ0n) is 26.6. The molecule has 0 saturated carbocycles. The average molecular weight is 637 g/mol. The van der Waals surface area contributed by atoms with Gasteiger partial charge in [-0.2, -0.15) is 11.8 Å². The number of benzene rings is 3. The molecule has 0 bridgehead atoms. The molecule has 2 aliphatic heterocycles. The molecule has 4 aromatic rings. The maximum Gasteiger partial charge on any atom is 0.335 e. The molecule has 0 radical (unpaired) electrons. The SMILES string of the molecule is C1COC1.CSC.Cc1ccc(N(C)c2cccc(CC3CCN(Cc4nc5ccc(C(=O)O)cc5n4C)CC3)c2)c(Cl)c1. The highest BCUT2D eigenvalue weighted by molar-refractivity contribution is 7.97. The van der Waals surface area contributed by atoms with Crippen LogP contribution in [-0.2, 0) is 24.8 Å². The van der Waals surface area contributed by atoms with E-state index in [0.717, 1.165) is 90.9 Å². The van der Waals surface area contributed by atoms with E-state index in [9.17, 15) is 9.90 Å². The van der Waals surface area contributed by atoms with Gasteiger partial charge < -0.3 is 19.3 Å². The third-order valence-electron chi connectivity index (χ3n) is 8.16. The second-order valence-corrected chi connectivity index (χ2v) is 12.8. The molecule has 3 aromatic carbocycles. The van der Waals surface area contributed by atoms with Crippen molar-refractivity contribution in [1.29, 1.82) is 0 Å². The maximum absolute atomic E-state index is 11.3. The Kier molecular flexibility index (Phi) is 12.6. The number of halogens is 1. The fraction of sp³-hybridized carbons (Fsp3) is 0.429. The van der Waals surface area contributed by atoms with Crippen LogP contribution in [0, 0.1) is 12.8 Å². The van der Waals surface area contributed by atoms with Crippen LogP contribution in [0.15, 0.2) is 60.7 Å². The summed E-state index contributed by atoms with van der Waals surface area (Å²) in [5.41, 5.74) is 6.67. The van der Waals surface area contributed by atoms with E-state index in [0.29, 0.717) is 11.5 Å². The van der Waals surface area contributed by atoms with Crippen LogP contribution < -0.4 is 4.90 Å². The first-order valence-electron chi connectivity index (χ1n) is 15.2. The Hall–Kier alpha value is -3.04. The standard InChI is InChI=1S/C30H33ClN4O2.C3H6O.C2H6S/c1-20-7-10-27(25(31)15-20)33(2)24-6-4-5-22(17-24)16-21-11-13-35(14-12-21)19-29-32-26-9-8-23(30(36)37)18-28(26)34(29)3;1-2-4-3-1;1-3-2/h4-10,15,17-18,21H,11-14,16,19H2,1-3H3,(H,36,37);1-3H2;1-2H3. The first-order chi connectivity index (χ1) is 21.2. The number of hydrogen-bond acceptors (Lipinski definition) is 6. The van der Waals surface area contributed by atoms with E-state index in [2.05, 4.69) is 60.2 Å². The highest BCUT2D eigenvalue weighted by atomic mass is 35.5. The number of hydrogen-bond donors (Lipinski definition) is 1. The highest BCUT2D eigenvalue weighted by Gasteiger charge is 2.22. The van der Waals surface area contributed by atoms with E-state index in [1.165, 1.54) is 12.0 Å². The van der Waals surface area contributed by atoms with Crippen LogP contribution in [-0.4, -0.2) is 71.4 Å². The summed E-state index contributed by atoms with van der Waals surface area (Å²) in [5, 5.41) is 10.1. The van der Waals surface area contributed by atoms with Gasteiger partial charge in [0.15, 0.2) is 0 Å². The molecule has 44 heavy (non-hydrogen) atoms. The van der Waals surface area contributed by atoms with E-state index >= 15 is 0 Å². The lowest BCUT2D eigenvalue weighted by atomic mass is 9.90. The summed E-state index contributed by atoms with van der Waals surface area (Å²) in [6, 6.07) is 20.1. The minimum absolute atomic E-state index is 0.292. The molecule has 0 spiro atoms. The molecular formula is C35H45ClN4O3S. The van der Waals surface area contributed by atoms with Gasteiger partial charge in [0.25, 0.3) is 0 Å². The van der Waals surface area contributed by atoms with Crippen molar-refractivity contribution in [2.75, 3.05) is 50.8 Å². The highest BCUT2D eigenvalue weighted by Crippen LogP contribution is 2.32. The van der Waals surface area contributed by atoms with Gasteiger partial charge in [-0.3, -0.25) is 4.90 Å². The summed E-state index contributed by atoms with van der Waals surface area (Å²) in [4.78, 5) is 20.7. The van der Waals surface area contributed by atoms with E-state index in [1.807, 2.05) is 30.2 Å². The van der Waals surface area contributed by atoms with Gasteiger partial charge in [0, 0.05) is 33.0 Å². The monoisotopic (exact) mass is 636 g/mol. The van der Waals surface area contributed by atoms with Crippen molar-refractivity contribution >= 4 is 51.7 Å². The molecule has 0 aliphatic carbocycles. The van der Waals surface area contributed by atoms with E-state index in [1.54, 1.807) is 30.0 Å². The number of carboxylic acid groups (broad SMARTS) is 1. The summed E-state index contributed by atoms with van der Waals surface area (Å²) >= 11 is 8.27. The Balaban J connectivity index is 0.000000565. The molecule has 7 nitrogen and oxygen atoms in total. The van der Waals surface area contributed by atoms with Gasteiger partial charge in [0.05, 0.1) is 33.9 Å². The maximum atomic E-state index is 11.3. The minimum Gasteiger partial charge on any atom is -0.478 e. The third kappa shape index (κ3) is 9.00. The predicted octanol–water partition coefficient (Wildman–Crippen LogP) is 7.84. The van der Waals surface area contributed by atoms with Gasteiger partial charge >= 0.3 is 5.97 Å². The Labute approximate surface area is 271 Å². The lowest BCUT2D eigenvalue weighted by Crippen LogP contribution is -2.34. The van der Waals surface area contributed by atoms with Crippen LogP contribution >= 0.6 is 23.4 Å². The van der Waals surface area contributed by atoms with Crippen LogP contribution in [0.1, 0.15) is 46.6 Å². The van der Waals surface area contributed by atoms with Gasteiger partial charge in [-0.05, 0) is 118 Å². The number of ether oxygens (including phenoxy) is 1. The van der Waals surface area contributed by atoms with Crippen molar-refractivity contribution in [3.8, 4) is 0 Å². The van der Waals surface area contributed by atoms with Gasteiger partial charge in [-0.15, -0.1) is 0 Å². The van der Waals surface area contributed by atoms with Crippen LogP contribution in [0.2, 0.25) is 5.02 Å². The normalized spacial score (nSPS) is 15.0. The zero-order valence-corrected chi connectivity index (χ0v) is 28.1. The lowest BCUT2D eigenvalue weighted by molar-refractivity contribution is 0.0367. The van der Waals surface area contributed by atoms with E-state index in [4.69, 9.17) is 21.3 Å². The minimum atomic E-state index is -0.914. The molecule has 6 rings (SSSR count). The quantitative estimate of drug-likeness (QED) is 0.222. The van der Waals surface area contributed by atoms with Crippen molar-refractivity contribution in [1.82, 2.24) is 14.5 Å². The summed E-state index contributed by atoms with van der Waals surface area (Å²) in [7, 11) is 4.04. The number of likely N-dealkylation sites (tertiary alicyclic amines) is 1. The van der Waals surface area contributed by atoms with Crippen LogP contribution in [0.25, 0.3) is 11.0 Å². The van der Waals surface area contributed by atoms with E-state index in [-0.39, 0.29) is 0 Å². The Morgan fingerprint density at radius 2 is 1.77 bits per heavy atom. The number of aromatic nitrogens is 2. The zero-order chi connectivity index (χ0) is 31.6. The molecule has 1 N–H and O–H groups in total. The average Bonchev–Trinajstić information content (AvgIpc) is 3.27. The van der Waals surface area contributed by atoms with Crippen molar-refractivity contribution in [3.63, 3.8) is 0 Å².